The molecule has 1 saturated heterocycles. The molecule has 4 nitrogen and oxygen atoms in total. The number of anilines is 1. The highest BCUT2D eigenvalue weighted by Gasteiger charge is 2.52. The number of hydrogen-bond donors (Lipinski definition) is 2. The number of aromatic nitrogens is 1. The maximum atomic E-state index is 6.18. The Balaban J connectivity index is 1.57. The fraction of sp³-hybridized carbons (Fsp3) is 0.462. The molecular formula is C13H15N3OS. The lowest BCUT2D eigenvalue weighted by Crippen LogP contribution is -2.65. The summed E-state index contributed by atoms with van der Waals surface area (Å²) >= 11 is 1.68. The molecule has 18 heavy (non-hydrogen) atoms. The molecule has 2 heterocycles. The van der Waals surface area contributed by atoms with Crippen LogP contribution in [0.1, 0.15) is 6.42 Å². The van der Waals surface area contributed by atoms with E-state index >= 15 is 0 Å². The molecule has 2 aromatic rings. The smallest absolute Gasteiger partial charge is 0.184 e. The van der Waals surface area contributed by atoms with Crippen molar-refractivity contribution in [3.63, 3.8) is 0 Å². The third-order valence-electron chi connectivity index (χ3n) is 4.03. The number of para-hydroxylation sites is 1. The minimum absolute atomic E-state index is 0.199. The molecule has 1 aliphatic heterocycles. The van der Waals surface area contributed by atoms with Crippen molar-refractivity contribution < 1.29 is 4.74 Å². The first-order chi connectivity index (χ1) is 8.83. The molecular weight excluding hydrogens is 246 g/mol. The molecule has 4 unspecified atom stereocenters. The van der Waals surface area contributed by atoms with Gasteiger partial charge in [0.15, 0.2) is 5.13 Å². The van der Waals surface area contributed by atoms with Crippen LogP contribution in [0.3, 0.4) is 0 Å². The Hall–Kier alpha value is -1.17. The first-order valence-electron chi connectivity index (χ1n) is 6.32. The second-order valence-electron chi connectivity index (χ2n) is 5.02. The first kappa shape index (κ1) is 10.7. The Morgan fingerprint density at radius 2 is 2.28 bits per heavy atom. The maximum absolute atomic E-state index is 6.18. The van der Waals surface area contributed by atoms with Crippen LogP contribution in [0.4, 0.5) is 5.13 Å². The van der Waals surface area contributed by atoms with Gasteiger partial charge in [0.05, 0.1) is 22.4 Å². The van der Waals surface area contributed by atoms with Crippen molar-refractivity contribution in [1.29, 1.82) is 0 Å². The average molecular weight is 261 g/mol. The molecule has 0 spiro atoms. The number of fused-ring (bicyclic) bond motifs is 2. The van der Waals surface area contributed by atoms with Crippen LogP contribution in [0.25, 0.3) is 10.2 Å². The minimum Gasteiger partial charge on any atom is -0.376 e. The highest BCUT2D eigenvalue weighted by atomic mass is 32.1. The van der Waals surface area contributed by atoms with Crippen LogP contribution in [0.15, 0.2) is 24.3 Å². The summed E-state index contributed by atoms with van der Waals surface area (Å²) in [6, 6.07) is 8.59. The molecule has 4 atom stereocenters. The van der Waals surface area contributed by atoms with Crippen LogP contribution < -0.4 is 11.1 Å². The van der Waals surface area contributed by atoms with E-state index in [1.54, 1.807) is 11.3 Å². The molecule has 1 aromatic heterocycles. The zero-order chi connectivity index (χ0) is 12.1. The number of rotatable bonds is 2. The summed E-state index contributed by atoms with van der Waals surface area (Å²) in [6.07, 6.45) is 1.39. The third kappa shape index (κ3) is 1.48. The van der Waals surface area contributed by atoms with E-state index in [9.17, 15) is 0 Å². The monoisotopic (exact) mass is 261 g/mol. The summed E-state index contributed by atoms with van der Waals surface area (Å²) in [5.41, 5.74) is 7.23. The Kier molecular flexibility index (Phi) is 2.33. The largest absolute Gasteiger partial charge is 0.376 e. The fourth-order valence-corrected chi connectivity index (χ4v) is 3.92. The molecule has 5 heteroatoms. The van der Waals surface area contributed by atoms with E-state index in [0.29, 0.717) is 5.92 Å². The quantitative estimate of drug-likeness (QED) is 0.865. The van der Waals surface area contributed by atoms with Gasteiger partial charge in [-0.2, -0.15) is 0 Å². The van der Waals surface area contributed by atoms with Crippen molar-refractivity contribution in [3.05, 3.63) is 24.3 Å². The minimum atomic E-state index is 0.199. The molecule has 2 aliphatic rings. The number of hydrogen-bond acceptors (Lipinski definition) is 5. The number of nitrogens with two attached hydrogens (primary N) is 1. The molecule has 1 aromatic carbocycles. The highest BCUT2D eigenvalue weighted by molar-refractivity contribution is 7.22. The summed E-state index contributed by atoms with van der Waals surface area (Å²) < 4.78 is 6.92. The van der Waals surface area contributed by atoms with Crippen molar-refractivity contribution in [2.24, 2.45) is 11.7 Å². The summed E-state index contributed by atoms with van der Waals surface area (Å²) in [5, 5.41) is 4.40. The standard InChI is InChI=1S/C13H15N3OS/c14-10-7-5-6-17-12(7)11(10)16-13-15-8-3-1-2-4-9(8)18-13/h1-4,7,10-12H,5-6,14H2,(H,15,16). The van der Waals surface area contributed by atoms with Crippen molar-refractivity contribution in [2.45, 2.75) is 24.6 Å². The van der Waals surface area contributed by atoms with Crippen LogP contribution in [0.5, 0.6) is 0 Å². The van der Waals surface area contributed by atoms with Gasteiger partial charge in [0.2, 0.25) is 0 Å². The van der Waals surface area contributed by atoms with Crippen LogP contribution in [0, 0.1) is 5.92 Å². The van der Waals surface area contributed by atoms with E-state index in [1.165, 1.54) is 4.70 Å². The molecule has 0 bridgehead atoms. The maximum Gasteiger partial charge on any atom is 0.184 e. The fourth-order valence-electron chi connectivity index (χ4n) is 3.00. The number of nitrogens with zero attached hydrogens (tertiary/aromatic N) is 1. The van der Waals surface area contributed by atoms with Crippen molar-refractivity contribution in [1.82, 2.24) is 4.98 Å². The molecule has 4 rings (SSSR count). The zero-order valence-electron chi connectivity index (χ0n) is 9.87. The van der Waals surface area contributed by atoms with Gasteiger partial charge in [0.25, 0.3) is 0 Å². The Labute approximate surface area is 109 Å². The van der Waals surface area contributed by atoms with Gasteiger partial charge in [-0.1, -0.05) is 23.5 Å². The zero-order valence-corrected chi connectivity index (χ0v) is 10.7. The molecule has 94 valence electrons. The van der Waals surface area contributed by atoms with E-state index < -0.39 is 0 Å². The number of thiazole rings is 1. The number of benzene rings is 1. The van der Waals surface area contributed by atoms with Gasteiger partial charge in [-0.3, -0.25) is 0 Å². The van der Waals surface area contributed by atoms with Gasteiger partial charge in [-0.15, -0.1) is 0 Å². The Morgan fingerprint density at radius 1 is 1.39 bits per heavy atom. The molecule has 3 N–H and O–H groups in total. The first-order valence-corrected chi connectivity index (χ1v) is 7.14. The van der Waals surface area contributed by atoms with Crippen LogP contribution in [-0.2, 0) is 4.74 Å². The van der Waals surface area contributed by atoms with E-state index in [4.69, 9.17) is 10.5 Å². The van der Waals surface area contributed by atoms with Crippen LogP contribution in [-0.4, -0.2) is 29.8 Å². The molecule has 0 amide bonds. The molecule has 1 saturated carbocycles. The van der Waals surface area contributed by atoms with Gasteiger partial charge in [0, 0.05) is 18.6 Å². The summed E-state index contributed by atoms with van der Waals surface area (Å²) in [7, 11) is 0. The lowest BCUT2D eigenvalue weighted by atomic mass is 9.72. The number of ether oxygens (including phenoxy) is 1. The normalized spacial score (nSPS) is 34.3. The Morgan fingerprint density at radius 3 is 3.17 bits per heavy atom. The summed E-state index contributed by atoms with van der Waals surface area (Å²) in [6.45, 7) is 0.848. The molecule has 2 fully saturated rings. The topological polar surface area (TPSA) is 60.2 Å². The second kappa shape index (κ2) is 3.91. The molecule has 1 aliphatic carbocycles. The lowest BCUT2D eigenvalue weighted by molar-refractivity contribution is 0.00538. The highest BCUT2D eigenvalue weighted by Crippen LogP contribution is 2.40. The lowest BCUT2D eigenvalue weighted by Gasteiger charge is -2.45. The second-order valence-corrected chi connectivity index (χ2v) is 6.05. The van der Waals surface area contributed by atoms with E-state index in [1.807, 2.05) is 18.2 Å². The van der Waals surface area contributed by atoms with Crippen molar-refractivity contribution >= 4 is 26.7 Å². The van der Waals surface area contributed by atoms with E-state index in [0.717, 1.165) is 23.7 Å². The van der Waals surface area contributed by atoms with Crippen LogP contribution in [0.2, 0.25) is 0 Å². The van der Waals surface area contributed by atoms with Gasteiger partial charge in [-0.05, 0) is 18.6 Å². The predicted molar refractivity (Wildman–Crippen MR) is 72.9 cm³/mol. The van der Waals surface area contributed by atoms with Crippen molar-refractivity contribution in [3.8, 4) is 0 Å². The predicted octanol–water partition coefficient (Wildman–Crippen LogP) is 1.82. The van der Waals surface area contributed by atoms with Gasteiger partial charge in [-0.25, -0.2) is 4.98 Å². The van der Waals surface area contributed by atoms with Gasteiger partial charge >= 0.3 is 0 Å². The average Bonchev–Trinajstić information content (AvgIpc) is 2.99. The van der Waals surface area contributed by atoms with E-state index in [2.05, 4.69) is 16.4 Å². The molecule has 0 radical (unpaired) electrons. The Bertz CT molecular complexity index is 551. The van der Waals surface area contributed by atoms with Gasteiger partial charge in [0.1, 0.15) is 0 Å². The van der Waals surface area contributed by atoms with Crippen molar-refractivity contribution in [2.75, 3.05) is 11.9 Å². The van der Waals surface area contributed by atoms with Gasteiger partial charge < -0.3 is 15.8 Å². The summed E-state index contributed by atoms with van der Waals surface area (Å²) in [4.78, 5) is 4.58. The van der Waals surface area contributed by atoms with E-state index in [-0.39, 0.29) is 18.2 Å². The van der Waals surface area contributed by atoms with Crippen LogP contribution >= 0.6 is 11.3 Å². The SMILES string of the molecule is NC1C2CCOC2C1Nc1nc2ccccc2s1. The third-order valence-corrected chi connectivity index (χ3v) is 5.00. The number of nitrogens with one attached hydrogen (secondary N) is 1. The summed E-state index contributed by atoms with van der Waals surface area (Å²) in [5.74, 6) is 0.539.